The molecule has 0 saturated heterocycles. The smallest absolute Gasteiger partial charge is 0.380 e. The van der Waals surface area contributed by atoms with E-state index in [0.717, 1.165) is 6.07 Å². The minimum Gasteiger partial charge on any atom is -0.380 e. The highest BCUT2D eigenvalue weighted by Crippen LogP contribution is 2.36. The second-order valence-corrected chi connectivity index (χ2v) is 4.27. The van der Waals surface area contributed by atoms with Crippen LogP contribution in [0.2, 0.25) is 0 Å². The number of nitrogens with two attached hydrogens (primary N) is 1. The monoisotopic (exact) mass is 301 g/mol. The van der Waals surface area contributed by atoms with E-state index < -0.39 is 17.8 Å². The first-order valence-corrected chi connectivity index (χ1v) is 6.27. The normalized spacial score (nSPS) is 13.4. The van der Waals surface area contributed by atoms with Crippen LogP contribution in [-0.2, 0) is 10.9 Å². The largest absolute Gasteiger partial charge is 0.417 e. The van der Waals surface area contributed by atoms with Gasteiger partial charge in [0.25, 0.3) is 5.89 Å². The molecule has 2 rings (SSSR count). The number of halogens is 3. The van der Waals surface area contributed by atoms with E-state index >= 15 is 0 Å². The van der Waals surface area contributed by atoms with E-state index in [1.165, 1.54) is 18.2 Å². The van der Waals surface area contributed by atoms with Crippen molar-refractivity contribution >= 4 is 0 Å². The van der Waals surface area contributed by atoms with Crippen molar-refractivity contribution < 1.29 is 22.4 Å². The van der Waals surface area contributed by atoms with E-state index in [9.17, 15) is 13.2 Å². The van der Waals surface area contributed by atoms with E-state index in [1.54, 1.807) is 6.92 Å². The fraction of sp³-hybridized carbons (Fsp3) is 0.385. The fourth-order valence-corrected chi connectivity index (χ4v) is 1.73. The summed E-state index contributed by atoms with van der Waals surface area (Å²) in [6.07, 6.45) is -4.50. The number of rotatable bonds is 5. The Balaban J connectivity index is 2.30. The molecule has 1 atom stereocenters. The Hall–Kier alpha value is -1.93. The van der Waals surface area contributed by atoms with Crippen molar-refractivity contribution in [3.8, 4) is 11.5 Å². The molecule has 8 heteroatoms. The van der Waals surface area contributed by atoms with Gasteiger partial charge < -0.3 is 15.0 Å². The summed E-state index contributed by atoms with van der Waals surface area (Å²) >= 11 is 0. The third-order valence-electron chi connectivity index (χ3n) is 2.74. The Morgan fingerprint density at radius 3 is 2.71 bits per heavy atom. The van der Waals surface area contributed by atoms with Gasteiger partial charge in [0.1, 0.15) is 0 Å². The average molecular weight is 301 g/mol. The lowest BCUT2D eigenvalue weighted by Crippen LogP contribution is -2.18. The molecule has 2 aromatic rings. The summed E-state index contributed by atoms with van der Waals surface area (Å²) in [5.74, 6) is -0.111. The van der Waals surface area contributed by atoms with Gasteiger partial charge in [0.05, 0.1) is 23.8 Å². The van der Waals surface area contributed by atoms with Crippen LogP contribution in [0, 0.1) is 0 Å². The fourth-order valence-electron chi connectivity index (χ4n) is 1.73. The van der Waals surface area contributed by atoms with Crippen LogP contribution in [0.3, 0.4) is 0 Å². The summed E-state index contributed by atoms with van der Waals surface area (Å²) < 4.78 is 48.8. The maximum Gasteiger partial charge on any atom is 0.417 e. The molecule has 114 valence electrons. The van der Waals surface area contributed by atoms with Gasteiger partial charge in [-0.2, -0.15) is 18.2 Å². The van der Waals surface area contributed by atoms with E-state index in [-0.39, 0.29) is 23.9 Å². The molecule has 1 aromatic heterocycles. The molecule has 5 nitrogen and oxygen atoms in total. The van der Waals surface area contributed by atoms with Crippen LogP contribution in [0.1, 0.15) is 24.4 Å². The number of alkyl halides is 3. The Morgan fingerprint density at radius 1 is 1.33 bits per heavy atom. The SMILES string of the molecule is CCOCC(N)c1noc(-c2ccccc2C(F)(F)F)n1. The molecule has 0 spiro atoms. The van der Waals surface area contributed by atoms with Crippen LogP contribution in [0.4, 0.5) is 13.2 Å². The van der Waals surface area contributed by atoms with E-state index in [4.69, 9.17) is 15.0 Å². The molecule has 2 N–H and O–H groups in total. The summed E-state index contributed by atoms with van der Waals surface area (Å²) in [7, 11) is 0. The zero-order valence-electron chi connectivity index (χ0n) is 11.2. The Bertz CT molecular complexity index is 598. The van der Waals surface area contributed by atoms with Crippen molar-refractivity contribution in [2.75, 3.05) is 13.2 Å². The predicted octanol–water partition coefficient (Wildman–Crippen LogP) is 2.79. The third-order valence-corrected chi connectivity index (χ3v) is 2.74. The zero-order valence-corrected chi connectivity index (χ0v) is 11.2. The zero-order chi connectivity index (χ0) is 15.5. The lowest BCUT2D eigenvalue weighted by Gasteiger charge is -2.09. The highest BCUT2D eigenvalue weighted by Gasteiger charge is 2.35. The molecule has 1 unspecified atom stereocenters. The molecule has 0 aliphatic carbocycles. The highest BCUT2D eigenvalue weighted by atomic mass is 19.4. The first-order valence-electron chi connectivity index (χ1n) is 6.27. The molecular formula is C13H14F3N3O2. The second kappa shape index (κ2) is 6.23. The number of ether oxygens (including phenoxy) is 1. The Labute approximate surface area is 118 Å². The molecule has 0 aliphatic heterocycles. The van der Waals surface area contributed by atoms with Crippen LogP contribution in [0.5, 0.6) is 0 Å². The van der Waals surface area contributed by atoms with Crippen LogP contribution >= 0.6 is 0 Å². The van der Waals surface area contributed by atoms with E-state index in [1.807, 2.05) is 0 Å². The van der Waals surface area contributed by atoms with Gasteiger partial charge in [0.2, 0.25) is 0 Å². The van der Waals surface area contributed by atoms with Gasteiger partial charge in [-0.3, -0.25) is 0 Å². The third kappa shape index (κ3) is 3.59. The highest BCUT2D eigenvalue weighted by molar-refractivity contribution is 5.59. The molecule has 0 fully saturated rings. The lowest BCUT2D eigenvalue weighted by atomic mass is 10.1. The van der Waals surface area contributed by atoms with Crippen molar-refractivity contribution in [1.29, 1.82) is 0 Å². The summed E-state index contributed by atoms with van der Waals surface area (Å²) in [5.41, 5.74) is 4.76. The predicted molar refractivity (Wildman–Crippen MR) is 68.2 cm³/mol. The summed E-state index contributed by atoms with van der Waals surface area (Å²) in [4.78, 5) is 3.92. The summed E-state index contributed by atoms with van der Waals surface area (Å²) in [6.45, 7) is 2.43. The van der Waals surface area contributed by atoms with Crippen molar-refractivity contribution in [3.05, 3.63) is 35.7 Å². The van der Waals surface area contributed by atoms with Gasteiger partial charge in [-0.1, -0.05) is 17.3 Å². The van der Waals surface area contributed by atoms with Crippen LogP contribution < -0.4 is 5.73 Å². The number of hydrogen-bond donors (Lipinski definition) is 1. The second-order valence-electron chi connectivity index (χ2n) is 4.27. The van der Waals surface area contributed by atoms with Crippen LogP contribution in [0.15, 0.2) is 28.8 Å². The number of nitrogens with zero attached hydrogens (tertiary/aromatic N) is 2. The van der Waals surface area contributed by atoms with Gasteiger partial charge in [-0.15, -0.1) is 0 Å². The van der Waals surface area contributed by atoms with Gasteiger partial charge in [-0.25, -0.2) is 0 Å². The molecule has 0 radical (unpaired) electrons. The number of aromatic nitrogens is 2. The quantitative estimate of drug-likeness (QED) is 0.919. The maximum atomic E-state index is 12.9. The van der Waals surface area contributed by atoms with Crippen molar-refractivity contribution in [2.45, 2.75) is 19.1 Å². The van der Waals surface area contributed by atoms with Crippen molar-refractivity contribution in [3.63, 3.8) is 0 Å². The van der Waals surface area contributed by atoms with Gasteiger partial charge in [0, 0.05) is 6.61 Å². The average Bonchev–Trinajstić information content (AvgIpc) is 2.93. The Morgan fingerprint density at radius 2 is 2.05 bits per heavy atom. The van der Waals surface area contributed by atoms with Crippen molar-refractivity contribution in [1.82, 2.24) is 10.1 Å². The van der Waals surface area contributed by atoms with E-state index in [0.29, 0.717) is 6.61 Å². The maximum absolute atomic E-state index is 12.9. The molecule has 1 aromatic carbocycles. The molecule has 0 saturated carbocycles. The lowest BCUT2D eigenvalue weighted by molar-refractivity contribution is -0.137. The van der Waals surface area contributed by atoms with Gasteiger partial charge in [-0.05, 0) is 19.1 Å². The van der Waals surface area contributed by atoms with E-state index in [2.05, 4.69) is 10.1 Å². The summed E-state index contributed by atoms with van der Waals surface area (Å²) in [5, 5.41) is 3.61. The van der Waals surface area contributed by atoms with Crippen LogP contribution in [-0.4, -0.2) is 23.4 Å². The molecule has 21 heavy (non-hydrogen) atoms. The first-order chi connectivity index (χ1) is 9.93. The molecule has 1 heterocycles. The van der Waals surface area contributed by atoms with Gasteiger partial charge in [0.15, 0.2) is 5.82 Å². The van der Waals surface area contributed by atoms with Gasteiger partial charge >= 0.3 is 6.18 Å². The first kappa shape index (κ1) is 15.5. The van der Waals surface area contributed by atoms with Crippen molar-refractivity contribution in [2.24, 2.45) is 5.73 Å². The molecular weight excluding hydrogens is 287 g/mol. The Kier molecular flexibility index (Phi) is 4.59. The number of benzene rings is 1. The standard InChI is InChI=1S/C13H14F3N3O2/c1-2-20-7-10(17)11-18-12(21-19-11)8-5-3-4-6-9(8)13(14,15)16/h3-6,10H,2,7,17H2,1H3. The number of hydrogen-bond acceptors (Lipinski definition) is 5. The molecule has 0 bridgehead atoms. The molecule has 0 amide bonds. The van der Waals surface area contributed by atoms with Crippen LogP contribution in [0.25, 0.3) is 11.5 Å². The molecule has 0 aliphatic rings. The minimum atomic E-state index is -4.50. The summed E-state index contributed by atoms with van der Waals surface area (Å²) in [6, 6.07) is 4.34. The topological polar surface area (TPSA) is 74.2 Å². The minimum absolute atomic E-state index is 0.107.